The maximum absolute atomic E-state index is 11.5. The van der Waals surface area contributed by atoms with Crippen LogP contribution in [0.3, 0.4) is 0 Å². The normalized spacial score (nSPS) is 28.4. The third kappa shape index (κ3) is 2.85. The van der Waals surface area contributed by atoms with Crippen LogP contribution in [0.5, 0.6) is 0 Å². The quantitative estimate of drug-likeness (QED) is 0.598. The van der Waals surface area contributed by atoms with Crippen LogP contribution in [0.4, 0.5) is 4.79 Å². The van der Waals surface area contributed by atoms with E-state index in [1.54, 1.807) is 11.8 Å². The smallest absolute Gasteiger partial charge is 0.409 e. The van der Waals surface area contributed by atoms with E-state index in [0.717, 1.165) is 13.2 Å². The second-order valence-corrected chi connectivity index (χ2v) is 3.51. The molecule has 0 spiro atoms. The van der Waals surface area contributed by atoms with E-state index in [-0.39, 0.29) is 18.3 Å². The van der Waals surface area contributed by atoms with Crippen molar-refractivity contribution in [3.05, 3.63) is 0 Å². The first-order valence-corrected chi connectivity index (χ1v) is 4.94. The minimum Gasteiger partial charge on any atom is -0.450 e. The molecule has 5 nitrogen and oxygen atoms in total. The molecule has 0 aromatic carbocycles. The summed E-state index contributed by atoms with van der Waals surface area (Å²) in [5, 5.41) is 0. The van der Waals surface area contributed by atoms with E-state index < -0.39 is 0 Å². The molecule has 80 valence electrons. The number of amides is 1. The first-order valence-electron chi connectivity index (χ1n) is 4.94. The van der Waals surface area contributed by atoms with Gasteiger partial charge in [0, 0.05) is 0 Å². The summed E-state index contributed by atoms with van der Waals surface area (Å²) in [7, 11) is 0. The summed E-state index contributed by atoms with van der Waals surface area (Å²) < 4.78 is 15.1. The average Bonchev–Trinajstić information content (AvgIpc) is 2.97. The number of epoxide rings is 2. The molecule has 2 atom stereocenters. The highest BCUT2D eigenvalue weighted by molar-refractivity contribution is 5.67. The molecule has 2 aliphatic rings. The van der Waals surface area contributed by atoms with Gasteiger partial charge in [0.05, 0.1) is 45.1 Å². The maximum Gasteiger partial charge on any atom is 0.409 e. The van der Waals surface area contributed by atoms with Gasteiger partial charge in [0.25, 0.3) is 0 Å². The fraction of sp³-hybridized carbons (Fsp3) is 0.889. The minimum atomic E-state index is -0.265. The molecule has 2 rings (SSSR count). The highest BCUT2D eigenvalue weighted by Crippen LogP contribution is 2.16. The molecule has 0 bridgehead atoms. The summed E-state index contributed by atoms with van der Waals surface area (Å²) in [6, 6.07) is 0. The van der Waals surface area contributed by atoms with E-state index in [0.29, 0.717) is 19.7 Å². The van der Waals surface area contributed by atoms with Crippen molar-refractivity contribution >= 4 is 6.09 Å². The van der Waals surface area contributed by atoms with Gasteiger partial charge in [-0.1, -0.05) is 0 Å². The Kier molecular flexibility index (Phi) is 2.88. The van der Waals surface area contributed by atoms with Crippen molar-refractivity contribution in [1.82, 2.24) is 4.90 Å². The van der Waals surface area contributed by atoms with Gasteiger partial charge in [-0.25, -0.2) is 4.79 Å². The Balaban J connectivity index is 1.78. The Morgan fingerprint density at radius 2 is 1.86 bits per heavy atom. The van der Waals surface area contributed by atoms with E-state index >= 15 is 0 Å². The molecule has 14 heavy (non-hydrogen) atoms. The van der Waals surface area contributed by atoms with Gasteiger partial charge in [-0.15, -0.1) is 0 Å². The highest BCUT2D eigenvalue weighted by atomic mass is 16.6. The molecule has 0 aromatic rings. The summed E-state index contributed by atoms with van der Waals surface area (Å²) in [6.07, 6.45) is 0.148. The topological polar surface area (TPSA) is 54.6 Å². The maximum atomic E-state index is 11.5. The van der Waals surface area contributed by atoms with Gasteiger partial charge in [-0.2, -0.15) is 0 Å². The minimum absolute atomic E-state index is 0.207. The number of carbonyl (C=O) groups excluding carboxylic acids is 1. The summed E-state index contributed by atoms with van der Waals surface area (Å²) in [6.45, 7) is 4.96. The van der Waals surface area contributed by atoms with Crippen molar-refractivity contribution in [3.63, 3.8) is 0 Å². The lowest BCUT2D eigenvalue weighted by Crippen LogP contribution is -2.37. The van der Waals surface area contributed by atoms with Crippen LogP contribution in [-0.4, -0.2) is 56.1 Å². The first kappa shape index (κ1) is 9.73. The van der Waals surface area contributed by atoms with Crippen LogP contribution in [0.25, 0.3) is 0 Å². The fourth-order valence-corrected chi connectivity index (χ4v) is 1.28. The van der Waals surface area contributed by atoms with Gasteiger partial charge in [0.2, 0.25) is 0 Å². The summed E-state index contributed by atoms with van der Waals surface area (Å²) in [5.74, 6) is 0. The molecule has 0 aliphatic carbocycles. The standard InChI is InChI=1S/C9H15NO4/c1-2-12-9(11)10(3-7-5-13-7)4-8-6-14-8/h7-8H,2-6H2,1H3. The van der Waals surface area contributed by atoms with Gasteiger partial charge in [-0.05, 0) is 6.92 Å². The molecule has 2 unspecified atom stereocenters. The summed E-state index contributed by atoms with van der Waals surface area (Å²) in [4.78, 5) is 13.1. The van der Waals surface area contributed by atoms with Crippen molar-refractivity contribution in [2.75, 3.05) is 32.9 Å². The molecule has 0 aromatic heterocycles. The zero-order valence-corrected chi connectivity index (χ0v) is 8.27. The number of carbonyl (C=O) groups is 1. The Hall–Kier alpha value is -0.810. The van der Waals surface area contributed by atoms with Crippen LogP contribution in [0.1, 0.15) is 6.92 Å². The monoisotopic (exact) mass is 201 g/mol. The Labute approximate surface area is 82.9 Å². The number of hydrogen-bond donors (Lipinski definition) is 0. The van der Waals surface area contributed by atoms with Crippen molar-refractivity contribution in [2.45, 2.75) is 19.1 Å². The van der Waals surface area contributed by atoms with Gasteiger partial charge < -0.3 is 19.1 Å². The Bertz CT molecular complexity index is 199. The molecule has 2 aliphatic heterocycles. The lowest BCUT2D eigenvalue weighted by molar-refractivity contribution is 0.101. The second kappa shape index (κ2) is 4.14. The van der Waals surface area contributed by atoms with Crippen molar-refractivity contribution in [3.8, 4) is 0 Å². The number of ether oxygens (including phenoxy) is 3. The van der Waals surface area contributed by atoms with Crippen LogP contribution in [0, 0.1) is 0 Å². The van der Waals surface area contributed by atoms with E-state index in [9.17, 15) is 4.79 Å². The predicted molar refractivity (Wildman–Crippen MR) is 48.1 cm³/mol. The van der Waals surface area contributed by atoms with Gasteiger partial charge in [0.15, 0.2) is 0 Å². The van der Waals surface area contributed by atoms with E-state index in [1.807, 2.05) is 0 Å². The third-order valence-electron chi connectivity index (χ3n) is 2.18. The van der Waals surface area contributed by atoms with Gasteiger partial charge in [0.1, 0.15) is 0 Å². The average molecular weight is 201 g/mol. The van der Waals surface area contributed by atoms with Crippen molar-refractivity contribution in [2.24, 2.45) is 0 Å². The van der Waals surface area contributed by atoms with Crippen LogP contribution in [0.2, 0.25) is 0 Å². The number of nitrogens with zero attached hydrogens (tertiary/aromatic N) is 1. The largest absolute Gasteiger partial charge is 0.450 e. The summed E-state index contributed by atoms with van der Waals surface area (Å²) in [5.41, 5.74) is 0. The fourth-order valence-electron chi connectivity index (χ4n) is 1.28. The molecular formula is C9H15NO4. The zero-order chi connectivity index (χ0) is 9.97. The number of rotatable bonds is 5. The van der Waals surface area contributed by atoms with Crippen LogP contribution >= 0.6 is 0 Å². The molecule has 0 saturated carbocycles. The van der Waals surface area contributed by atoms with E-state index in [4.69, 9.17) is 14.2 Å². The van der Waals surface area contributed by atoms with Gasteiger partial charge in [-0.3, -0.25) is 0 Å². The molecule has 0 radical (unpaired) electrons. The van der Waals surface area contributed by atoms with E-state index in [1.165, 1.54) is 0 Å². The molecule has 2 saturated heterocycles. The lowest BCUT2D eigenvalue weighted by atomic mass is 10.4. The molecule has 5 heteroatoms. The molecule has 2 fully saturated rings. The van der Waals surface area contributed by atoms with Crippen LogP contribution < -0.4 is 0 Å². The predicted octanol–water partition coefficient (Wildman–Crippen LogP) is 0.242. The molecular weight excluding hydrogens is 186 g/mol. The lowest BCUT2D eigenvalue weighted by Gasteiger charge is -2.19. The zero-order valence-electron chi connectivity index (χ0n) is 8.27. The highest BCUT2D eigenvalue weighted by Gasteiger charge is 2.33. The van der Waals surface area contributed by atoms with Crippen molar-refractivity contribution in [1.29, 1.82) is 0 Å². The third-order valence-corrected chi connectivity index (χ3v) is 2.18. The van der Waals surface area contributed by atoms with Gasteiger partial charge >= 0.3 is 6.09 Å². The molecule has 2 heterocycles. The van der Waals surface area contributed by atoms with Crippen molar-refractivity contribution < 1.29 is 19.0 Å². The Morgan fingerprint density at radius 1 is 1.36 bits per heavy atom. The molecule has 0 N–H and O–H groups in total. The van der Waals surface area contributed by atoms with E-state index in [2.05, 4.69) is 0 Å². The number of hydrogen-bond acceptors (Lipinski definition) is 4. The molecule has 1 amide bonds. The summed E-state index contributed by atoms with van der Waals surface area (Å²) >= 11 is 0. The SMILES string of the molecule is CCOC(=O)N(CC1CO1)CC1CO1. The second-order valence-electron chi connectivity index (χ2n) is 3.51. The Morgan fingerprint density at radius 3 is 2.21 bits per heavy atom. The van der Waals surface area contributed by atoms with Crippen LogP contribution in [0.15, 0.2) is 0 Å². The first-order chi connectivity index (χ1) is 6.79. The van der Waals surface area contributed by atoms with Crippen LogP contribution in [-0.2, 0) is 14.2 Å².